The molecule has 2 aromatic heterocycles. The van der Waals surface area contributed by atoms with Crippen molar-refractivity contribution in [1.82, 2.24) is 19.9 Å². The number of hydrogen-bond donors (Lipinski definition) is 2. The van der Waals surface area contributed by atoms with E-state index >= 15 is 0 Å². The van der Waals surface area contributed by atoms with E-state index in [9.17, 15) is 9.90 Å². The average molecular weight is 363 g/mol. The molecule has 1 aliphatic heterocycles. The lowest BCUT2D eigenvalue weighted by Gasteiger charge is -2.18. The van der Waals surface area contributed by atoms with Gasteiger partial charge in [0.2, 0.25) is 0 Å². The number of likely N-dealkylation sites (tertiary alicyclic amines) is 1. The van der Waals surface area contributed by atoms with Crippen molar-refractivity contribution in [2.45, 2.75) is 26.7 Å². The summed E-state index contributed by atoms with van der Waals surface area (Å²) < 4.78 is 0. The third kappa shape index (κ3) is 2.85. The summed E-state index contributed by atoms with van der Waals surface area (Å²) in [4.78, 5) is 27.9. The van der Waals surface area contributed by atoms with Crippen molar-refractivity contribution in [3.8, 4) is 17.0 Å². The highest BCUT2D eigenvalue weighted by molar-refractivity contribution is 6.03. The van der Waals surface area contributed by atoms with Gasteiger partial charge in [-0.2, -0.15) is 0 Å². The fourth-order valence-corrected chi connectivity index (χ4v) is 3.65. The monoisotopic (exact) mass is 363 g/mol. The number of aromatic nitrogens is 3. The summed E-state index contributed by atoms with van der Waals surface area (Å²) >= 11 is 0. The second kappa shape index (κ2) is 6.50. The van der Waals surface area contributed by atoms with Crippen LogP contribution < -0.4 is 5.73 Å². The third-order valence-corrected chi connectivity index (χ3v) is 5.15. The number of carbonyl (C=O) groups excluding carboxylic acids is 1. The molecule has 1 amide bonds. The molecule has 3 aromatic rings. The maximum absolute atomic E-state index is 13.0. The Kier molecular flexibility index (Phi) is 4.14. The third-order valence-electron chi connectivity index (χ3n) is 5.15. The van der Waals surface area contributed by atoms with Gasteiger partial charge in [0, 0.05) is 29.6 Å². The van der Waals surface area contributed by atoms with Crippen LogP contribution in [0.4, 0.5) is 5.82 Å². The van der Waals surface area contributed by atoms with E-state index in [1.165, 1.54) is 6.33 Å². The number of pyridine rings is 1. The molecule has 0 saturated carbocycles. The highest BCUT2D eigenvalue weighted by atomic mass is 16.3. The molecule has 0 radical (unpaired) electrons. The number of aryl methyl sites for hydroxylation is 1. The Morgan fingerprint density at radius 1 is 1.19 bits per heavy atom. The van der Waals surface area contributed by atoms with Crippen LogP contribution in [0.5, 0.6) is 5.75 Å². The number of amides is 1. The van der Waals surface area contributed by atoms with Gasteiger partial charge in [-0.1, -0.05) is 6.07 Å². The van der Waals surface area contributed by atoms with E-state index in [2.05, 4.69) is 15.0 Å². The van der Waals surface area contributed by atoms with E-state index in [1.807, 2.05) is 19.9 Å². The molecule has 7 nitrogen and oxygen atoms in total. The second-order valence-electron chi connectivity index (χ2n) is 6.91. The van der Waals surface area contributed by atoms with Gasteiger partial charge in [0.25, 0.3) is 5.91 Å². The molecule has 3 heterocycles. The Morgan fingerprint density at radius 2 is 1.93 bits per heavy atom. The van der Waals surface area contributed by atoms with Gasteiger partial charge in [-0.05, 0) is 44.4 Å². The standard InChI is InChI=1S/C20H21N5O2/c1-11-5-6-15(26)12(2)16(11)18-17-13(19(21)23-10-22-17)9-14(24-18)20(27)25-7-3-4-8-25/h5-6,9-10,26H,3-4,7-8H2,1-2H3,(H2,21,22,23). The summed E-state index contributed by atoms with van der Waals surface area (Å²) in [5.74, 6) is 0.354. The van der Waals surface area contributed by atoms with Crippen molar-refractivity contribution in [2.75, 3.05) is 18.8 Å². The average Bonchev–Trinajstić information content (AvgIpc) is 3.19. The topological polar surface area (TPSA) is 105 Å². The maximum Gasteiger partial charge on any atom is 0.272 e. The van der Waals surface area contributed by atoms with Crippen LogP contribution in [0, 0.1) is 13.8 Å². The molecular formula is C20H21N5O2. The Balaban J connectivity index is 2.01. The van der Waals surface area contributed by atoms with Crippen LogP contribution >= 0.6 is 0 Å². The fraction of sp³-hybridized carbons (Fsp3) is 0.300. The molecule has 27 heavy (non-hydrogen) atoms. The number of nitrogens with zero attached hydrogens (tertiary/aromatic N) is 4. The van der Waals surface area contributed by atoms with Crippen LogP contribution in [0.1, 0.15) is 34.5 Å². The van der Waals surface area contributed by atoms with Crippen molar-refractivity contribution in [2.24, 2.45) is 0 Å². The first-order valence-corrected chi connectivity index (χ1v) is 8.97. The number of nitrogens with two attached hydrogens (primary N) is 1. The van der Waals surface area contributed by atoms with Gasteiger partial charge in [0.1, 0.15) is 29.1 Å². The smallest absolute Gasteiger partial charge is 0.272 e. The van der Waals surface area contributed by atoms with Gasteiger partial charge >= 0.3 is 0 Å². The Bertz CT molecular complexity index is 1060. The lowest BCUT2D eigenvalue weighted by atomic mass is 9.97. The van der Waals surface area contributed by atoms with Crippen molar-refractivity contribution >= 4 is 22.6 Å². The Morgan fingerprint density at radius 3 is 2.67 bits per heavy atom. The minimum absolute atomic E-state index is 0.116. The second-order valence-corrected chi connectivity index (χ2v) is 6.91. The number of phenols is 1. The SMILES string of the molecule is Cc1ccc(O)c(C)c1-c1nc(C(=O)N2CCCC2)cc2c(N)ncnc12. The molecule has 0 atom stereocenters. The number of anilines is 1. The minimum Gasteiger partial charge on any atom is -0.508 e. The zero-order valence-corrected chi connectivity index (χ0v) is 15.4. The van der Waals surface area contributed by atoms with Crippen molar-refractivity contribution in [1.29, 1.82) is 0 Å². The summed E-state index contributed by atoms with van der Waals surface area (Å²) in [7, 11) is 0. The normalized spacial score (nSPS) is 14.1. The molecule has 1 aromatic carbocycles. The quantitative estimate of drug-likeness (QED) is 0.725. The van der Waals surface area contributed by atoms with Gasteiger partial charge in [-0.15, -0.1) is 0 Å². The van der Waals surface area contributed by atoms with Gasteiger partial charge < -0.3 is 15.7 Å². The molecule has 1 fully saturated rings. The lowest BCUT2D eigenvalue weighted by Crippen LogP contribution is -2.28. The van der Waals surface area contributed by atoms with Crippen LogP contribution in [0.15, 0.2) is 24.5 Å². The molecule has 0 bridgehead atoms. The molecule has 4 rings (SSSR count). The number of benzene rings is 1. The van der Waals surface area contributed by atoms with Gasteiger partial charge in [-0.25, -0.2) is 15.0 Å². The van der Waals surface area contributed by atoms with E-state index in [1.54, 1.807) is 17.0 Å². The van der Waals surface area contributed by atoms with E-state index in [-0.39, 0.29) is 11.7 Å². The molecule has 0 spiro atoms. The van der Waals surface area contributed by atoms with Gasteiger partial charge in [-0.3, -0.25) is 4.79 Å². The van der Waals surface area contributed by atoms with Crippen LogP contribution in [0.25, 0.3) is 22.2 Å². The molecule has 0 aliphatic carbocycles. The molecular weight excluding hydrogens is 342 g/mol. The number of aromatic hydroxyl groups is 1. The van der Waals surface area contributed by atoms with Crippen molar-refractivity contribution < 1.29 is 9.90 Å². The summed E-state index contributed by atoms with van der Waals surface area (Å²) in [5.41, 5.74) is 9.88. The zero-order valence-electron chi connectivity index (χ0n) is 15.4. The zero-order chi connectivity index (χ0) is 19.1. The largest absolute Gasteiger partial charge is 0.508 e. The van der Waals surface area contributed by atoms with Crippen molar-refractivity contribution in [3.05, 3.63) is 41.3 Å². The first-order valence-electron chi connectivity index (χ1n) is 8.97. The van der Waals surface area contributed by atoms with E-state index in [4.69, 9.17) is 5.73 Å². The molecule has 3 N–H and O–H groups in total. The molecule has 1 aliphatic rings. The number of carbonyl (C=O) groups is 1. The number of fused-ring (bicyclic) bond motifs is 1. The molecule has 1 saturated heterocycles. The lowest BCUT2D eigenvalue weighted by molar-refractivity contribution is 0.0787. The van der Waals surface area contributed by atoms with Gasteiger partial charge in [0.15, 0.2) is 0 Å². The van der Waals surface area contributed by atoms with E-state index in [0.717, 1.165) is 37.1 Å². The van der Waals surface area contributed by atoms with Crippen molar-refractivity contribution in [3.63, 3.8) is 0 Å². The maximum atomic E-state index is 13.0. The fourth-order valence-electron chi connectivity index (χ4n) is 3.65. The predicted octanol–water partition coefficient (Wildman–Crippen LogP) is 2.83. The highest BCUT2D eigenvalue weighted by Gasteiger charge is 2.24. The minimum atomic E-state index is -0.116. The molecule has 138 valence electrons. The van der Waals surface area contributed by atoms with E-state index < -0.39 is 0 Å². The summed E-state index contributed by atoms with van der Waals surface area (Å²) in [6.07, 6.45) is 3.39. The highest BCUT2D eigenvalue weighted by Crippen LogP contribution is 2.36. The first kappa shape index (κ1) is 17.2. The number of hydrogen-bond acceptors (Lipinski definition) is 6. The van der Waals surface area contributed by atoms with Crippen LogP contribution in [-0.4, -0.2) is 44.0 Å². The van der Waals surface area contributed by atoms with Crippen LogP contribution in [-0.2, 0) is 0 Å². The summed E-state index contributed by atoms with van der Waals surface area (Å²) in [6, 6.07) is 5.14. The Hall–Kier alpha value is -3.22. The van der Waals surface area contributed by atoms with Crippen LogP contribution in [0.2, 0.25) is 0 Å². The predicted molar refractivity (Wildman–Crippen MR) is 103 cm³/mol. The van der Waals surface area contributed by atoms with E-state index in [0.29, 0.717) is 33.7 Å². The van der Waals surface area contributed by atoms with Crippen LogP contribution in [0.3, 0.4) is 0 Å². The Labute approximate surface area is 156 Å². The molecule has 7 heteroatoms. The first-order chi connectivity index (χ1) is 13.0. The number of phenolic OH excluding ortho intramolecular Hbond substituents is 1. The summed E-state index contributed by atoms with van der Waals surface area (Å²) in [5, 5.41) is 10.8. The van der Waals surface area contributed by atoms with Gasteiger partial charge in [0.05, 0.1) is 5.69 Å². The summed E-state index contributed by atoms with van der Waals surface area (Å²) in [6.45, 7) is 5.23. The number of rotatable bonds is 2. The number of nitrogen functional groups attached to an aromatic ring is 1. The molecule has 0 unspecified atom stereocenters.